The highest BCUT2D eigenvalue weighted by molar-refractivity contribution is 6.06. The molecule has 30 heavy (non-hydrogen) atoms. The van der Waals surface area contributed by atoms with Gasteiger partial charge in [0.25, 0.3) is 11.6 Å². The molecule has 1 aliphatic heterocycles. The monoisotopic (exact) mass is 412 g/mol. The van der Waals surface area contributed by atoms with Crippen LogP contribution in [0.25, 0.3) is 0 Å². The summed E-state index contributed by atoms with van der Waals surface area (Å²) in [5.74, 6) is 0.434. The van der Waals surface area contributed by atoms with E-state index in [1.807, 2.05) is 0 Å². The summed E-state index contributed by atoms with van der Waals surface area (Å²) in [4.78, 5) is 35.5. The summed E-state index contributed by atoms with van der Waals surface area (Å²) in [6, 6.07) is 9.44. The first kappa shape index (κ1) is 20.6. The van der Waals surface area contributed by atoms with Gasteiger partial charge in [-0.1, -0.05) is 12.1 Å². The number of anilines is 1. The van der Waals surface area contributed by atoms with Crippen molar-refractivity contribution in [2.24, 2.45) is 0 Å². The standard InChI is InChI=1S/C20H20N4O6/c1-11-17(19(25)22-13-5-4-6-14(10-13)24(27)28)18(23-20(26)21-11)12-7-8-15(29-2)16(9-12)30-3/h4-10,18H,1-3H3,(H,22,25)(H2,21,23,26). The van der Waals surface area contributed by atoms with Gasteiger partial charge in [0, 0.05) is 23.5 Å². The first-order chi connectivity index (χ1) is 14.3. The Morgan fingerprint density at radius 1 is 1.13 bits per heavy atom. The molecule has 0 spiro atoms. The number of amides is 3. The van der Waals surface area contributed by atoms with Crippen LogP contribution in [0, 0.1) is 10.1 Å². The Balaban J connectivity index is 1.97. The second-order valence-corrected chi connectivity index (χ2v) is 6.45. The summed E-state index contributed by atoms with van der Waals surface area (Å²) in [5.41, 5.74) is 1.34. The molecular formula is C20H20N4O6. The lowest BCUT2D eigenvalue weighted by atomic mass is 9.94. The van der Waals surface area contributed by atoms with E-state index in [4.69, 9.17) is 9.47 Å². The van der Waals surface area contributed by atoms with Gasteiger partial charge in [-0.25, -0.2) is 4.79 Å². The number of carbonyl (C=O) groups excluding carboxylic acids is 2. The number of hydrogen-bond donors (Lipinski definition) is 3. The van der Waals surface area contributed by atoms with Crippen molar-refractivity contribution in [1.29, 1.82) is 0 Å². The third-order valence-electron chi connectivity index (χ3n) is 4.57. The molecule has 0 bridgehead atoms. The van der Waals surface area contributed by atoms with E-state index in [9.17, 15) is 19.7 Å². The molecule has 2 aromatic rings. The largest absolute Gasteiger partial charge is 0.493 e. The second kappa shape index (κ2) is 8.52. The Kier molecular flexibility index (Phi) is 5.86. The van der Waals surface area contributed by atoms with Crippen LogP contribution >= 0.6 is 0 Å². The Labute approximate surface area is 172 Å². The molecule has 156 valence electrons. The summed E-state index contributed by atoms with van der Waals surface area (Å²) >= 11 is 0. The van der Waals surface area contributed by atoms with E-state index in [0.29, 0.717) is 22.8 Å². The lowest BCUT2D eigenvalue weighted by molar-refractivity contribution is -0.384. The molecule has 3 amide bonds. The van der Waals surface area contributed by atoms with Gasteiger partial charge in [0.15, 0.2) is 11.5 Å². The number of methoxy groups -OCH3 is 2. The van der Waals surface area contributed by atoms with Gasteiger partial charge in [-0.05, 0) is 30.7 Å². The fourth-order valence-corrected chi connectivity index (χ4v) is 3.17. The molecule has 10 heteroatoms. The number of allylic oxidation sites excluding steroid dienone is 1. The number of non-ortho nitro benzene ring substituents is 1. The Morgan fingerprint density at radius 3 is 2.53 bits per heavy atom. The molecule has 1 unspecified atom stereocenters. The first-order valence-corrected chi connectivity index (χ1v) is 8.90. The zero-order valence-corrected chi connectivity index (χ0v) is 16.5. The molecular weight excluding hydrogens is 392 g/mol. The fourth-order valence-electron chi connectivity index (χ4n) is 3.17. The number of ether oxygens (including phenoxy) is 2. The van der Waals surface area contributed by atoms with Gasteiger partial charge in [-0.3, -0.25) is 14.9 Å². The highest BCUT2D eigenvalue weighted by Gasteiger charge is 2.32. The minimum absolute atomic E-state index is 0.148. The van der Waals surface area contributed by atoms with Crippen LogP contribution in [-0.4, -0.2) is 31.1 Å². The molecule has 1 heterocycles. The van der Waals surface area contributed by atoms with Gasteiger partial charge in [-0.15, -0.1) is 0 Å². The third-order valence-corrected chi connectivity index (χ3v) is 4.57. The highest BCUT2D eigenvalue weighted by Crippen LogP contribution is 2.34. The normalized spacial score (nSPS) is 15.7. The average molecular weight is 412 g/mol. The van der Waals surface area contributed by atoms with Gasteiger partial charge in [-0.2, -0.15) is 0 Å². The molecule has 0 aliphatic carbocycles. The Bertz CT molecular complexity index is 1050. The predicted octanol–water partition coefficient (Wildman–Crippen LogP) is 2.88. The number of nitro groups is 1. The van der Waals surface area contributed by atoms with Crippen molar-refractivity contribution < 1.29 is 24.0 Å². The molecule has 1 aliphatic rings. The molecule has 2 aromatic carbocycles. The molecule has 1 atom stereocenters. The number of rotatable bonds is 6. The molecule has 0 radical (unpaired) electrons. The van der Waals surface area contributed by atoms with Crippen molar-refractivity contribution in [1.82, 2.24) is 10.6 Å². The lowest BCUT2D eigenvalue weighted by Crippen LogP contribution is -2.46. The summed E-state index contributed by atoms with van der Waals surface area (Å²) in [5, 5.41) is 18.9. The van der Waals surface area contributed by atoms with Gasteiger partial charge < -0.3 is 25.4 Å². The Morgan fingerprint density at radius 2 is 1.87 bits per heavy atom. The van der Waals surface area contributed by atoms with Crippen LogP contribution < -0.4 is 25.4 Å². The number of nitrogens with zero attached hydrogens (tertiary/aromatic N) is 1. The smallest absolute Gasteiger partial charge is 0.319 e. The van der Waals surface area contributed by atoms with E-state index >= 15 is 0 Å². The predicted molar refractivity (Wildman–Crippen MR) is 108 cm³/mol. The maximum atomic E-state index is 13.0. The van der Waals surface area contributed by atoms with Gasteiger partial charge in [0.1, 0.15) is 0 Å². The van der Waals surface area contributed by atoms with E-state index in [1.165, 1.54) is 32.4 Å². The SMILES string of the molecule is COc1ccc(C2NC(=O)NC(C)=C2C(=O)Nc2cccc([N+](=O)[O-])c2)cc1OC. The average Bonchev–Trinajstić information content (AvgIpc) is 2.72. The van der Waals surface area contributed by atoms with Crippen LogP contribution in [0.15, 0.2) is 53.7 Å². The van der Waals surface area contributed by atoms with Crippen LogP contribution in [0.1, 0.15) is 18.5 Å². The van der Waals surface area contributed by atoms with E-state index in [1.54, 1.807) is 31.2 Å². The number of nitro benzene ring substituents is 1. The molecule has 3 rings (SSSR count). The van der Waals surface area contributed by atoms with E-state index in [2.05, 4.69) is 16.0 Å². The van der Waals surface area contributed by atoms with Gasteiger partial charge in [0.05, 0.1) is 30.8 Å². The first-order valence-electron chi connectivity index (χ1n) is 8.90. The maximum absolute atomic E-state index is 13.0. The molecule has 3 N–H and O–H groups in total. The number of urea groups is 1. The van der Waals surface area contributed by atoms with Crippen molar-refractivity contribution in [3.05, 3.63) is 69.4 Å². The summed E-state index contributed by atoms with van der Waals surface area (Å²) < 4.78 is 10.5. The highest BCUT2D eigenvalue weighted by atomic mass is 16.6. The fraction of sp³-hybridized carbons (Fsp3) is 0.200. The van der Waals surface area contributed by atoms with Gasteiger partial charge in [0.2, 0.25) is 0 Å². The quantitative estimate of drug-likeness (QED) is 0.494. The summed E-state index contributed by atoms with van der Waals surface area (Å²) in [6.07, 6.45) is 0. The van der Waals surface area contributed by atoms with E-state index in [-0.39, 0.29) is 16.9 Å². The zero-order chi connectivity index (χ0) is 21.8. The molecule has 10 nitrogen and oxygen atoms in total. The van der Waals surface area contributed by atoms with E-state index in [0.717, 1.165) is 0 Å². The van der Waals surface area contributed by atoms with Crippen LogP contribution in [0.5, 0.6) is 11.5 Å². The van der Waals surface area contributed by atoms with E-state index < -0.39 is 22.9 Å². The van der Waals surface area contributed by atoms with Crippen molar-refractivity contribution in [3.63, 3.8) is 0 Å². The van der Waals surface area contributed by atoms with Crippen LogP contribution in [0.2, 0.25) is 0 Å². The number of benzene rings is 2. The topological polar surface area (TPSA) is 132 Å². The van der Waals surface area contributed by atoms with Crippen molar-refractivity contribution in [2.75, 3.05) is 19.5 Å². The number of nitrogens with one attached hydrogen (secondary N) is 3. The summed E-state index contributed by atoms with van der Waals surface area (Å²) in [7, 11) is 2.99. The van der Waals surface area contributed by atoms with Crippen molar-refractivity contribution in [3.8, 4) is 11.5 Å². The minimum atomic E-state index is -0.766. The lowest BCUT2D eigenvalue weighted by Gasteiger charge is -2.29. The van der Waals surface area contributed by atoms with Crippen molar-refractivity contribution >= 4 is 23.3 Å². The number of carbonyl (C=O) groups is 2. The Hall–Kier alpha value is -4.08. The minimum Gasteiger partial charge on any atom is -0.493 e. The molecule has 0 saturated carbocycles. The van der Waals surface area contributed by atoms with Crippen LogP contribution in [0.4, 0.5) is 16.2 Å². The molecule has 0 aromatic heterocycles. The molecule has 0 saturated heterocycles. The van der Waals surface area contributed by atoms with Crippen molar-refractivity contribution in [2.45, 2.75) is 13.0 Å². The molecule has 0 fully saturated rings. The number of hydrogen-bond acceptors (Lipinski definition) is 6. The van der Waals surface area contributed by atoms with Crippen LogP contribution in [0.3, 0.4) is 0 Å². The van der Waals surface area contributed by atoms with Gasteiger partial charge >= 0.3 is 6.03 Å². The third kappa shape index (κ3) is 4.17. The van der Waals surface area contributed by atoms with Crippen LogP contribution in [-0.2, 0) is 4.79 Å². The zero-order valence-electron chi connectivity index (χ0n) is 16.5. The maximum Gasteiger partial charge on any atom is 0.319 e. The summed E-state index contributed by atoms with van der Waals surface area (Å²) in [6.45, 7) is 1.61. The second-order valence-electron chi connectivity index (χ2n) is 6.45.